The lowest BCUT2D eigenvalue weighted by atomic mass is 10.3. The smallest absolute Gasteiger partial charge is 0.181 e. The van der Waals surface area contributed by atoms with Gasteiger partial charge in [0.1, 0.15) is 10.8 Å². The minimum Gasteiger partial charge on any atom is -0.382 e. The van der Waals surface area contributed by atoms with Crippen LogP contribution in [0.15, 0.2) is 6.20 Å². The van der Waals surface area contributed by atoms with Gasteiger partial charge in [-0.15, -0.1) is 0 Å². The van der Waals surface area contributed by atoms with Crippen LogP contribution in [0.25, 0.3) is 0 Å². The molecule has 0 aliphatic carbocycles. The predicted octanol–water partition coefficient (Wildman–Crippen LogP) is 0.915. The van der Waals surface area contributed by atoms with Gasteiger partial charge in [0.05, 0.1) is 6.20 Å². The summed E-state index contributed by atoms with van der Waals surface area (Å²) in [5.74, 6) is -0.142. The SMILES string of the molecule is CC(=O)c1ncc(Cl)nc1N. The lowest BCUT2D eigenvalue weighted by Gasteiger charge is -1.97. The van der Waals surface area contributed by atoms with Crippen LogP contribution in [-0.2, 0) is 0 Å². The van der Waals surface area contributed by atoms with Crippen molar-refractivity contribution in [2.24, 2.45) is 0 Å². The molecule has 0 saturated carbocycles. The molecule has 0 radical (unpaired) electrons. The number of ketones is 1. The fraction of sp³-hybridized carbons (Fsp3) is 0.167. The number of carbonyl (C=O) groups is 1. The standard InChI is InChI=1S/C6H6ClN3O/c1-3(11)5-6(8)10-4(7)2-9-5/h2H,1H3,(H2,8,10). The van der Waals surface area contributed by atoms with E-state index < -0.39 is 0 Å². The van der Waals surface area contributed by atoms with Crippen molar-refractivity contribution in [3.05, 3.63) is 17.0 Å². The number of carbonyl (C=O) groups excluding carboxylic acids is 1. The summed E-state index contributed by atoms with van der Waals surface area (Å²) in [6, 6.07) is 0. The quantitative estimate of drug-likeness (QED) is 0.638. The van der Waals surface area contributed by atoms with Crippen molar-refractivity contribution in [2.75, 3.05) is 5.73 Å². The third-order valence-corrected chi connectivity index (χ3v) is 1.29. The number of nitrogen functional groups attached to an aromatic ring is 1. The number of nitrogens with two attached hydrogens (primary N) is 1. The molecule has 1 rings (SSSR count). The first kappa shape index (κ1) is 7.94. The molecule has 0 aliphatic rings. The zero-order valence-electron chi connectivity index (χ0n) is 5.84. The van der Waals surface area contributed by atoms with Gasteiger partial charge in [0, 0.05) is 6.92 Å². The van der Waals surface area contributed by atoms with Gasteiger partial charge in [-0.05, 0) is 0 Å². The van der Waals surface area contributed by atoms with Gasteiger partial charge in [0.2, 0.25) is 0 Å². The van der Waals surface area contributed by atoms with Crippen LogP contribution >= 0.6 is 11.6 Å². The summed E-state index contributed by atoms with van der Waals surface area (Å²) in [5, 5.41) is 0.188. The molecule has 5 heteroatoms. The van der Waals surface area contributed by atoms with Crippen molar-refractivity contribution in [2.45, 2.75) is 6.92 Å². The summed E-state index contributed by atoms with van der Waals surface area (Å²) >= 11 is 5.46. The number of Topliss-reactive ketones (excluding diaryl/α,β-unsaturated/α-hetero) is 1. The minimum absolute atomic E-state index is 0.0741. The summed E-state index contributed by atoms with van der Waals surface area (Å²) in [6.07, 6.45) is 1.29. The molecule has 0 atom stereocenters. The van der Waals surface area contributed by atoms with Crippen LogP contribution in [0.1, 0.15) is 17.4 Å². The van der Waals surface area contributed by atoms with E-state index in [0.717, 1.165) is 0 Å². The molecule has 0 saturated heterocycles. The number of hydrogen-bond acceptors (Lipinski definition) is 4. The first-order valence-corrected chi connectivity index (χ1v) is 3.28. The van der Waals surface area contributed by atoms with Crippen molar-refractivity contribution in [1.82, 2.24) is 9.97 Å². The van der Waals surface area contributed by atoms with E-state index in [-0.39, 0.29) is 22.4 Å². The van der Waals surface area contributed by atoms with Crippen LogP contribution in [-0.4, -0.2) is 15.8 Å². The maximum Gasteiger partial charge on any atom is 0.181 e. The molecule has 2 N–H and O–H groups in total. The van der Waals surface area contributed by atoms with Crippen molar-refractivity contribution < 1.29 is 4.79 Å². The van der Waals surface area contributed by atoms with Crippen LogP contribution in [0, 0.1) is 0 Å². The molecule has 1 heterocycles. The van der Waals surface area contributed by atoms with Crippen LogP contribution in [0.3, 0.4) is 0 Å². The number of halogens is 1. The molecule has 0 fully saturated rings. The average Bonchev–Trinajstić information content (AvgIpc) is 1.85. The fourth-order valence-electron chi connectivity index (χ4n) is 0.652. The van der Waals surface area contributed by atoms with Gasteiger partial charge in [0.25, 0.3) is 0 Å². The van der Waals surface area contributed by atoms with Gasteiger partial charge >= 0.3 is 0 Å². The molecule has 0 spiro atoms. The third kappa shape index (κ3) is 1.65. The second-order valence-electron chi connectivity index (χ2n) is 1.98. The van der Waals surface area contributed by atoms with Crippen LogP contribution in [0.4, 0.5) is 5.82 Å². The van der Waals surface area contributed by atoms with Crippen molar-refractivity contribution in [3.8, 4) is 0 Å². The van der Waals surface area contributed by atoms with E-state index in [9.17, 15) is 4.79 Å². The zero-order valence-corrected chi connectivity index (χ0v) is 6.59. The minimum atomic E-state index is -0.216. The van der Waals surface area contributed by atoms with Crippen LogP contribution < -0.4 is 5.73 Å². The Kier molecular flexibility index (Phi) is 2.05. The van der Waals surface area contributed by atoms with Gasteiger partial charge in [-0.25, -0.2) is 9.97 Å². The van der Waals surface area contributed by atoms with E-state index in [1.54, 1.807) is 0 Å². The highest BCUT2D eigenvalue weighted by Crippen LogP contribution is 2.09. The maximum atomic E-state index is 10.8. The zero-order chi connectivity index (χ0) is 8.43. The van der Waals surface area contributed by atoms with Gasteiger partial charge in [-0.1, -0.05) is 11.6 Å². The highest BCUT2D eigenvalue weighted by molar-refractivity contribution is 6.29. The van der Waals surface area contributed by atoms with Gasteiger partial charge in [-0.3, -0.25) is 4.79 Å². The summed E-state index contributed by atoms with van der Waals surface area (Å²) in [7, 11) is 0. The molecule has 58 valence electrons. The lowest BCUT2D eigenvalue weighted by Crippen LogP contribution is -2.04. The second kappa shape index (κ2) is 2.84. The molecule has 1 aromatic rings. The lowest BCUT2D eigenvalue weighted by molar-refractivity contribution is 0.101. The molecule has 11 heavy (non-hydrogen) atoms. The van der Waals surface area contributed by atoms with E-state index in [1.165, 1.54) is 13.1 Å². The molecule has 1 aromatic heterocycles. The Morgan fingerprint density at radius 3 is 2.82 bits per heavy atom. The average molecular weight is 172 g/mol. The number of hydrogen-bond donors (Lipinski definition) is 1. The Morgan fingerprint density at radius 2 is 2.36 bits per heavy atom. The predicted molar refractivity (Wildman–Crippen MR) is 41.5 cm³/mol. The highest BCUT2D eigenvalue weighted by atomic mass is 35.5. The van der Waals surface area contributed by atoms with Crippen LogP contribution in [0.2, 0.25) is 5.15 Å². The molecule has 0 unspecified atom stereocenters. The Labute approximate surface area is 68.4 Å². The fourth-order valence-corrected chi connectivity index (χ4v) is 0.792. The molecule has 0 amide bonds. The van der Waals surface area contributed by atoms with Gasteiger partial charge in [0.15, 0.2) is 11.6 Å². The Bertz CT molecular complexity index is 300. The van der Waals surface area contributed by atoms with Crippen molar-refractivity contribution in [3.63, 3.8) is 0 Å². The molecule has 0 aliphatic heterocycles. The highest BCUT2D eigenvalue weighted by Gasteiger charge is 2.06. The van der Waals surface area contributed by atoms with E-state index >= 15 is 0 Å². The Morgan fingerprint density at radius 1 is 1.73 bits per heavy atom. The Balaban J connectivity index is 3.20. The van der Waals surface area contributed by atoms with Crippen molar-refractivity contribution in [1.29, 1.82) is 0 Å². The van der Waals surface area contributed by atoms with E-state index in [1.807, 2.05) is 0 Å². The van der Waals surface area contributed by atoms with Gasteiger partial charge < -0.3 is 5.73 Å². The topological polar surface area (TPSA) is 68.9 Å². The number of nitrogens with zero attached hydrogens (tertiary/aromatic N) is 2. The van der Waals surface area contributed by atoms with Crippen LogP contribution in [0.5, 0.6) is 0 Å². The van der Waals surface area contributed by atoms with Gasteiger partial charge in [-0.2, -0.15) is 0 Å². The summed E-state index contributed by atoms with van der Waals surface area (Å²) < 4.78 is 0. The number of anilines is 1. The normalized spacial score (nSPS) is 9.64. The molecular weight excluding hydrogens is 166 g/mol. The van der Waals surface area contributed by atoms with E-state index in [0.29, 0.717) is 0 Å². The molecule has 0 aromatic carbocycles. The molecule has 0 bridgehead atoms. The second-order valence-corrected chi connectivity index (χ2v) is 2.37. The largest absolute Gasteiger partial charge is 0.382 e. The first-order valence-electron chi connectivity index (χ1n) is 2.90. The summed E-state index contributed by atoms with van der Waals surface area (Å²) in [5.41, 5.74) is 5.50. The monoisotopic (exact) mass is 171 g/mol. The first-order chi connectivity index (χ1) is 5.11. The summed E-state index contributed by atoms with van der Waals surface area (Å²) in [4.78, 5) is 18.1. The van der Waals surface area contributed by atoms with E-state index in [2.05, 4.69) is 9.97 Å². The van der Waals surface area contributed by atoms with Crippen molar-refractivity contribution >= 4 is 23.2 Å². The molecule has 4 nitrogen and oxygen atoms in total. The van der Waals surface area contributed by atoms with E-state index in [4.69, 9.17) is 17.3 Å². The molecular formula is C6H6ClN3O. The summed E-state index contributed by atoms with van der Waals surface area (Å²) in [6.45, 7) is 1.37. The number of rotatable bonds is 1. The third-order valence-electron chi connectivity index (χ3n) is 1.10. The Hall–Kier alpha value is -1.16. The number of aromatic nitrogens is 2. The maximum absolute atomic E-state index is 10.8.